The molecule has 3 aromatic carbocycles. The summed E-state index contributed by atoms with van der Waals surface area (Å²) in [5.74, 6) is -0.152. The van der Waals surface area contributed by atoms with Gasteiger partial charge in [0.05, 0.1) is 13.4 Å². The summed E-state index contributed by atoms with van der Waals surface area (Å²) < 4.78 is 24.9. The normalized spacial score (nSPS) is 11.6. The molecule has 1 amide bonds. The first-order chi connectivity index (χ1) is 15.4. The van der Waals surface area contributed by atoms with Crippen LogP contribution < -0.4 is 10.1 Å². The molecule has 0 aliphatic carbocycles. The van der Waals surface area contributed by atoms with Gasteiger partial charge in [0.25, 0.3) is 0 Å². The van der Waals surface area contributed by atoms with Crippen molar-refractivity contribution < 1.29 is 18.3 Å². The van der Waals surface area contributed by atoms with E-state index in [0.717, 1.165) is 27.6 Å². The third-order valence-corrected chi connectivity index (χ3v) is 5.52. The minimum atomic E-state index is -0.416. The van der Waals surface area contributed by atoms with Gasteiger partial charge in [-0.15, -0.1) is 0 Å². The maximum atomic E-state index is 13.4. The van der Waals surface area contributed by atoms with Crippen LogP contribution in [-0.4, -0.2) is 13.0 Å². The number of benzene rings is 3. The third-order valence-electron chi connectivity index (χ3n) is 5.27. The standard InChI is InChI=1S/C26H21ClFNO3/c1-15(11-24(30)29-20-6-4-5-19(28)12-20)21-13-22-23(17-7-9-18(27)10-8-17)14-32-26(22)16(2)25(21)31-3/h4-14H,1-3H3,(H,29,30)/b15-11+. The SMILES string of the molecule is COc1c(/C(C)=C/C(=O)Nc2cccc(F)c2)cc2c(-c3ccc(Cl)cc3)coc2c1C. The van der Waals surface area contributed by atoms with Crippen molar-refractivity contribution in [2.75, 3.05) is 12.4 Å². The van der Waals surface area contributed by atoms with Crippen molar-refractivity contribution in [2.24, 2.45) is 0 Å². The van der Waals surface area contributed by atoms with E-state index in [4.69, 9.17) is 20.8 Å². The molecule has 1 N–H and O–H groups in total. The first-order valence-corrected chi connectivity index (χ1v) is 10.3. The van der Waals surface area contributed by atoms with Gasteiger partial charge in [-0.3, -0.25) is 4.79 Å². The van der Waals surface area contributed by atoms with Crippen LogP contribution in [0.15, 0.2) is 71.4 Å². The quantitative estimate of drug-likeness (QED) is 0.326. The fourth-order valence-corrected chi connectivity index (χ4v) is 3.87. The summed E-state index contributed by atoms with van der Waals surface area (Å²) in [6.07, 6.45) is 3.18. The summed E-state index contributed by atoms with van der Waals surface area (Å²) in [6.45, 7) is 3.75. The van der Waals surface area contributed by atoms with Crippen LogP contribution in [0.3, 0.4) is 0 Å². The maximum Gasteiger partial charge on any atom is 0.248 e. The van der Waals surface area contributed by atoms with Gasteiger partial charge in [-0.2, -0.15) is 0 Å². The molecule has 0 saturated carbocycles. The molecule has 0 radical (unpaired) electrons. The molecule has 1 heterocycles. The second kappa shape index (κ2) is 8.89. The zero-order valence-corrected chi connectivity index (χ0v) is 18.6. The number of rotatable bonds is 5. The van der Waals surface area contributed by atoms with Crippen LogP contribution in [0.4, 0.5) is 10.1 Å². The predicted molar refractivity (Wildman–Crippen MR) is 127 cm³/mol. The van der Waals surface area contributed by atoms with E-state index >= 15 is 0 Å². The molecule has 0 saturated heterocycles. The summed E-state index contributed by atoms with van der Waals surface area (Å²) in [4.78, 5) is 12.5. The Morgan fingerprint density at radius 2 is 1.91 bits per heavy atom. The number of amides is 1. The van der Waals surface area contributed by atoms with Gasteiger partial charge in [0.2, 0.25) is 5.91 Å². The number of hydrogen-bond donors (Lipinski definition) is 1. The highest BCUT2D eigenvalue weighted by Crippen LogP contribution is 2.40. The number of nitrogens with one attached hydrogen (secondary N) is 1. The monoisotopic (exact) mass is 449 g/mol. The fraction of sp³-hybridized carbons (Fsp3) is 0.115. The molecule has 6 heteroatoms. The van der Waals surface area contributed by atoms with Crippen LogP contribution in [0.1, 0.15) is 18.1 Å². The molecule has 0 aliphatic rings. The molecule has 0 bridgehead atoms. The summed E-state index contributed by atoms with van der Waals surface area (Å²) >= 11 is 6.03. The van der Waals surface area contributed by atoms with E-state index in [2.05, 4.69) is 5.32 Å². The maximum absolute atomic E-state index is 13.4. The summed E-state index contributed by atoms with van der Waals surface area (Å²) in [5.41, 5.74) is 5.28. The second-order valence-electron chi connectivity index (χ2n) is 7.44. The second-order valence-corrected chi connectivity index (χ2v) is 7.88. The van der Waals surface area contributed by atoms with Crippen LogP contribution in [0.25, 0.3) is 27.7 Å². The lowest BCUT2D eigenvalue weighted by Gasteiger charge is -2.13. The molecule has 0 spiro atoms. The minimum Gasteiger partial charge on any atom is -0.496 e. The van der Waals surface area contributed by atoms with Gasteiger partial charge in [-0.1, -0.05) is 29.8 Å². The number of ether oxygens (including phenoxy) is 1. The molecule has 0 unspecified atom stereocenters. The molecule has 0 fully saturated rings. The lowest BCUT2D eigenvalue weighted by molar-refractivity contribution is -0.111. The van der Waals surface area contributed by atoms with Gasteiger partial charge in [-0.05, 0) is 61.4 Å². The van der Waals surface area contributed by atoms with Crippen LogP contribution >= 0.6 is 11.6 Å². The molecule has 0 atom stereocenters. The van der Waals surface area contributed by atoms with E-state index in [1.807, 2.05) is 44.2 Å². The Kier molecular flexibility index (Phi) is 6.01. The van der Waals surface area contributed by atoms with Gasteiger partial charge in [0.15, 0.2) is 0 Å². The predicted octanol–water partition coefficient (Wildman–Crippen LogP) is 7.25. The van der Waals surface area contributed by atoms with E-state index in [0.29, 0.717) is 27.6 Å². The van der Waals surface area contributed by atoms with Crippen molar-refractivity contribution in [3.8, 4) is 16.9 Å². The van der Waals surface area contributed by atoms with Crippen LogP contribution in [0.2, 0.25) is 5.02 Å². The molecular weight excluding hydrogens is 429 g/mol. The molecule has 0 aliphatic heterocycles. The van der Waals surface area contributed by atoms with Gasteiger partial charge in [0, 0.05) is 38.9 Å². The van der Waals surface area contributed by atoms with Gasteiger partial charge in [-0.25, -0.2) is 4.39 Å². The minimum absolute atomic E-state index is 0.363. The summed E-state index contributed by atoms with van der Waals surface area (Å²) in [5, 5.41) is 4.24. The lowest BCUT2D eigenvalue weighted by Crippen LogP contribution is -2.09. The first-order valence-electron chi connectivity index (χ1n) is 9.97. The summed E-state index contributed by atoms with van der Waals surface area (Å²) in [6, 6.07) is 15.2. The molecule has 1 aromatic heterocycles. The molecule has 4 rings (SSSR count). The van der Waals surface area contributed by atoms with Crippen molar-refractivity contribution in [1.82, 2.24) is 0 Å². The zero-order valence-electron chi connectivity index (χ0n) is 17.8. The van der Waals surface area contributed by atoms with E-state index < -0.39 is 5.82 Å². The van der Waals surface area contributed by atoms with Gasteiger partial charge in [0.1, 0.15) is 17.1 Å². The van der Waals surface area contributed by atoms with E-state index in [1.54, 1.807) is 25.5 Å². The third kappa shape index (κ3) is 4.25. The van der Waals surface area contributed by atoms with Crippen molar-refractivity contribution in [3.05, 3.63) is 88.9 Å². The molecule has 4 nitrogen and oxygen atoms in total. The number of halogens is 2. The summed E-state index contributed by atoms with van der Waals surface area (Å²) in [7, 11) is 1.58. The fourth-order valence-electron chi connectivity index (χ4n) is 3.74. The first kappa shape index (κ1) is 21.7. The highest BCUT2D eigenvalue weighted by atomic mass is 35.5. The average molecular weight is 450 g/mol. The molecule has 162 valence electrons. The molecule has 4 aromatic rings. The van der Waals surface area contributed by atoms with Crippen molar-refractivity contribution in [1.29, 1.82) is 0 Å². The Hall–Kier alpha value is -3.57. The number of anilines is 1. The van der Waals surface area contributed by atoms with Crippen molar-refractivity contribution in [3.63, 3.8) is 0 Å². The highest BCUT2D eigenvalue weighted by Gasteiger charge is 2.19. The van der Waals surface area contributed by atoms with Crippen molar-refractivity contribution in [2.45, 2.75) is 13.8 Å². The topological polar surface area (TPSA) is 51.5 Å². The van der Waals surface area contributed by atoms with Gasteiger partial charge < -0.3 is 14.5 Å². The van der Waals surface area contributed by atoms with Crippen molar-refractivity contribution >= 4 is 39.7 Å². The van der Waals surface area contributed by atoms with Gasteiger partial charge >= 0.3 is 0 Å². The number of hydrogen-bond acceptors (Lipinski definition) is 3. The smallest absolute Gasteiger partial charge is 0.248 e. The molecule has 32 heavy (non-hydrogen) atoms. The lowest BCUT2D eigenvalue weighted by atomic mass is 9.96. The van der Waals surface area contributed by atoms with E-state index in [-0.39, 0.29) is 5.91 Å². The Bertz CT molecular complexity index is 1340. The number of carbonyl (C=O) groups excluding carboxylic acids is 1. The van der Waals surface area contributed by atoms with E-state index in [1.165, 1.54) is 18.2 Å². The largest absolute Gasteiger partial charge is 0.496 e. The zero-order chi connectivity index (χ0) is 22.8. The average Bonchev–Trinajstić information content (AvgIpc) is 3.18. The highest BCUT2D eigenvalue weighted by molar-refractivity contribution is 6.30. The van der Waals surface area contributed by atoms with Crippen LogP contribution in [0.5, 0.6) is 5.75 Å². The Morgan fingerprint density at radius 1 is 1.16 bits per heavy atom. The van der Waals surface area contributed by atoms with Crippen LogP contribution in [0, 0.1) is 12.7 Å². The Balaban J connectivity index is 1.76. The Morgan fingerprint density at radius 3 is 2.59 bits per heavy atom. The Labute approximate surface area is 190 Å². The number of furan rings is 1. The number of carbonyl (C=O) groups is 1. The number of allylic oxidation sites excluding steroid dienone is 1. The number of aryl methyl sites for hydroxylation is 1. The number of fused-ring (bicyclic) bond motifs is 1. The van der Waals surface area contributed by atoms with E-state index in [9.17, 15) is 9.18 Å². The molecular formula is C26H21ClFNO3. The number of methoxy groups -OCH3 is 1. The van der Waals surface area contributed by atoms with Crippen LogP contribution in [-0.2, 0) is 4.79 Å².